The second kappa shape index (κ2) is 11.5. The zero-order valence-electron chi connectivity index (χ0n) is 21.8. The molecule has 0 aromatic heterocycles. The quantitative estimate of drug-likeness (QED) is 0.568. The molecular weight excluding hydrogens is 455 g/mol. The number of piperidine rings is 1. The van der Waals surface area contributed by atoms with Gasteiger partial charge in [0.2, 0.25) is 11.8 Å². The minimum atomic E-state index is -0.225. The molecule has 6 nitrogen and oxygen atoms in total. The number of halogens is 1. The summed E-state index contributed by atoms with van der Waals surface area (Å²) in [6.07, 6.45) is 10.1. The molecule has 198 valence electrons. The maximum Gasteiger partial charge on any atom is 0.226 e. The van der Waals surface area contributed by atoms with E-state index in [1.165, 1.54) is 32.1 Å². The van der Waals surface area contributed by atoms with Crippen LogP contribution in [0.5, 0.6) is 0 Å². The topological polar surface area (TPSA) is 64.7 Å². The van der Waals surface area contributed by atoms with Crippen LogP contribution >= 0.6 is 0 Å². The lowest BCUT2D eigenvalue weighted by molar-refractivity contribution is -0.131. The summed E-state index contributed by atoms with van der Waals surface area (Å²) in [7, 11) is 0. The van der Waals surface area contributed by atoms with Crippen LogP contribution < -0.4 is 15.5 Å². The van der Waals surface area contributed by atoms with Crippen LogP contribution in [-0.2, 0) is 9.59 Å². The van der Waals surface area contributed by atoms with Gasteiger partial charge < -0.3 is 20.4 Å². The maximum absolute atomic E-state index is 14.3. The number of amides is 2. The van der Waals surface area contributed by atoms with Crippen molar-refractivity contribution in [2.45, 2.75) is 76.7 Å². The number of likely N-dealkylation sites (tertiary alicyclic amines) is 1. The fraction of sp³-hybridized carbons (Fsp3) is 0.724. The Kier molecular flexibility index (Phi) is 8.14. The van der Waals surface area contributed by atoms with Crippen LogP contribution in [0.1, 0.15) is 76.2 Å². The lowest BCUT2D eigenvalue weighted by Crippen LogP contribution is -2.41. The molecule has 0 bridgehead atoms. The number of hydrogen-bond acceptors (Lipinski definition) is 4. The smallest absolute Gasteiger partial charge is 0.226 e. The van der Waals surface area contributed by atoms with Gasteiger partial charge in [0.15, 0.2) is 0 Å². The van der Waals surface area contributed by atoms with Gasteiger partial charge in [0.05, 0.1) is 0 Å². The lowest BCUT2D eigenvalue weighted by Gasteiger charge is -2.35. The molecule has 2 saturated heterocycles. The molecule has 4 aliphatic rings. The molecule has 2 N–H and O–H groups in total. The molecule has 0 spiro atoms. The molecule has 0 radical (unpaired) electrons. The zero-order valence-corrected chi connectivity index (χ0v) is 21.8. The first-order chi connectivity index (χ1) is 17.5. The Morgan fingerprint density at radius 3 is 2.56 bits per heavy atom. The van der Waals surface area contributed by atoms with Crippen molar-refractivity contribution in [2.24, 2.45) is 17.8 Å². The molecule has 7 heteroatoms. The summed E-state index contributed by atoms with van der Waals surface area (Å²) in [6, 6.07) is 5.78. The van der Waals surface area contributed by atoms with E-state index >= 15 is 0 Å². The first-order valence-electron chi connectivity index (χ1n) is 14.4. The zero-order chi connectivity index (χ0) is 25.1. The summed E-state index contributed by atoms with van der Waals surface area (Å²) >= 11 is 0. The van der Waals surface area contributed by atoms with Crippen LogP contribution in [0.4, 0.5) is 10.1 Å². The molecule has 36 heavy (non-hydrogen) atoms. The van der Waals surface area contributed by atoms with Crippen molar-refractivity contribution < 1.29 is 14.0 Å². The number of carbonyl (C=O) groups is 2. The third kappa shape index (κ3) is 5.87. The van der Waals surface area contributed by atoms with E-state index in [4.69, 9.17) is 0 Å². The number of hydrogen-bond donors (Lipinski definition) is 2. The molecular formula is C29H43FN4O2. The first-order valence-corrected chi connectivity index (χ1v) is 14.4. The molecule has 1 aromatic carbocycles. The van der Waals surface area contributed by atoms with E-state index in [0.29, 0.717) is 24.4 Å². The lowest BCUT2D eigenvalue weighted by atomic mass is 9.92. The van der Waals surface area contributed by atoms with Crippen molar-refractivity contribution in [1.29, 1.82) is 0 Å². The number of anilines is 1. The van der Waals surface area contributed by atoms with E-state index in [1.807, 2.05) is 13.0 Å². The minimum absolute atomic E-state index is 0.0388. The van der Waals surface area contributed by atoms with Crippen LogP contribution in [0.2, 0.25) is 0 Å². The summed E-state index contributed by atoms with van der Waals surface area (Å²) < 4.78 is 14.3. The second-order valence-electron chi connectivity index (χ2n) is 11.5. The Hall–Kier alpha value is -2.15. The molecule has 2 heterocycles. The Morgan fingerprint density at radius 2 is 1.81 bits per heavy atom. The molecule has 2 saturated carbocycles. The van der Waals surface area contributed by atoms with Crippen LogP contribution in [0.25, 0.3) is 0 Å². The van der Waals surface area contributed by atoms with Crippen molar-refractivity contribution in [2.75, 3.05) is 44.2 Å². The van der Waals surface area contributed by atoms with Crippen molar-refractivity contribution in [3.05, 3.63) is 29.6 Å². The van der Waals surface area contributed by atoms with Gasteiger partial charge in [-0.15, -0.1) is 0 Å². The van der Waals surface area contributed by atoms with Crippen LogP contribution in [0, 0.1) is 23.6 Å². The van der Waals surface area contributed by atoms with Crippen molar-refractivity contribution in [1.82, 2.24) is 15.5 Å². The van der Waals surface area contributed by atoms with Crippen LogP contribution in [-0.4, -0.2) is 62.0 Å². The number of benzene rings is 1. The fourth-order valence-corrected chi connectivity index (χ4v) is 6.69. The van der Waals surface area contributed by atoms with Crippen molar-refractivity contribution in [3.8, 4) is 0 Å². The maximum atomic E-state index is 14.3. The highest BCUT2D eigenvalue weighted by molar-refractivity contribution is 5.82. The number of nitrogens with zero attached hydrogens (tertiary/aromatic N) is 2. The minimum Gasteiger partial charge on any atom is -0.371 e. The largest absolute Gasteiger partial charge is 0.371 e. The Labute approximate surface area is 215 Å². The fourth-order valence-electron chi connectivity index (χ4n) is 6.69. The molecule has 1 aromatic rings. The van der Waals surface area contributed by atoms with Gasteiger partial charge >= 0.3 is 0 Å². The molecule has 2 aliphatic carbocycles. The van der Waals surface area contributed by atoms with E-state index in [2.05, 4.69) is 20.4 Å². The van der Waals surface area contributed by atoms with E-state index < -0.39 is 0 Å². The molecule has 2 aliphatic heterocycles. The molecule has 4 fully saturated rings. The van der Waals surface area contributed by atoms with Gasteiger partial charge in [0.1, 0.15) is 5.82 Å². The van der Waals surface area contributed by atoms with Gasteiger partial charge in [-0.05, 0) is 75.6 Å². The normalized spacial score (nSPS) is 27.3. The summed E-state index contributed by atoms with van der Waals surface area (Å²) in [6.45, 7) is 6.61. The summed E-state index contributed by atoms with van der Waals surface area (Å²) in [4.78, 5) is 29.8. The van der Waals surface area contributed by atoms with Gasteiger partial charge in [-0.2, -0.15) is 0 Å². The van der Waals surface area contributed by atoms with Crippen LogP contribution in [0.15, 0.2) is 18.2 Å². The van der Waals surface area contributed by atoms with E-state index in [9.17, 15) is 14.0 Å². The van der Waals surface area contributed by atoms with Crippen molar-refractivity contribution >= 4 is 17.5 Å². The highest BCUT2D eigenvalue weighted by atomic mass is 19.1. The Balaban J connectivity index is 1.15. The van der Waals surface area contributed by atoms with Crippen LogP contribution in [0.3, 0.4) is 0 Å². The molecule has 5 rings (SSSR count). The first kappa shape index (κ1) is 25.5. The van der Waals surface area contributed by atoms with E-state index in [0.717, 1.165) is 69.7 Å². The third-order valence-electron chi connectivity index (χ3n) is 9.00. The summed E-state index contributed by atoms with van der Waals surface area (Å²) in [5, 5.41) is 6.66. The summed E-state index contributed by atoms with van der Waals surface area (Å²) in [5.41, 5.74) is 2.10. The number of carbonyl (C=O) groups excluding carboxylic acids is 2. The Morgan fingerprint density at radius 1 is 1.03 bits per heavy atom. The van der Waals surface area contributed by atoms with Gasteiger partial charge in [-0.1, -0.05) is 25.3 Å². The molecule has 3 unspecified atom stereocenters. The number of nitrogens with one attached hydrogen (secondary N) is 2. The average Bonchev–Trinajstić information content (AvgIpc) is 3.52. The number of rotatable bonds is 8. The van der Waals surface area contributed by atoms with Crippen molar-refractivity contribution in [3.63, 3.8) is 0 Å². The van der Waals surface area contributed by atoms with Gasteiger partial charge in [-0.3, -0.25) is 9.59 Å². The average molecular weight is 499 g/mol. The van der Waals surface area contributed by atoms with E-state index in [1.54, 1.807) is 12.1 Å². The third-order valence-corrected chi connectivity index (χ3v) is 9.00. The molecule has 2 amide bonds. The predicted molar refractivity (Wildman–Crippen MR) is 140 cm³/mol. The van der Waals surface area contributed by atoms with Gasteiger partial charge in [0.25, 0.3) is 0 Å². The predicted octanol–water partition coefficient (Wildman–Crippen LogP) is 4.05. The standard InChI is InChI=1S/C29H43FN4O2/c1-2-31-28(35)20-10-13-33(14-11-20)27-17-23(30)8-9-25(27)21-12-15-34(19-21)29(36)26-16-22(26)18-32-24-6-4-3-5-7-24/h8-9,17,20-22,24,26,32H,2-7,10-16,18-19H2,1H3,(H,31,35). The van der Waals surface area contributed by atoms with Gasteiger partial charge in [-0.25, -0.2) is 4.39 Å². The monoisotopic (exact) mass is 498 g/mol. The summed E-state index contributed by atoms with van der Waals surface area (Å²) in [5.74, 6) is 1.18. The van der Waals surface area contributed by atoms with Gasteiger partial charge in [0, 0.05) is 62.2 Å². The molecule has 3 atom stereocenters. The highest BCUT2D eigenvalue weighted by Crippen LogP contribution is 2.42. The highest BCUT2D eigenvalue weighted by Gasteiger charge is 2.46. The Bertz CT molecular complexity index is 926. The SMILES string of the molecule is CCNC(=O)C1CCN(c2cc(F)ccc2C2CCN(C(=O)C3CC3CNC3CCCCC3)C2)CC1. The second-order valence-corrected chi connectivity index (χ2v) is 11.5. The van der Waals surface area contributed by atoms with E-state index in [-0.39, 0.29) is 29.5 Å².